The van der Waals surface area contributed by atoms with E-state index < -0.39 is 0 Å². The Labute approximate surface area is 117 Å². The molecular formula is C13H18N4OS. The molecule has 2 N–H and O–H groups in total. The molecule has 0 radical (unpaired) electrons. The van der Waals surface area contributed by atoms with Gasteiger partial charge in [0.25, 0.3) is 0 Å². The SMILES string of the molecule is Cc1nnc(SCCCOc2ccc(N)cc2)n1C. The van der Waals surface area contributed by atoms with Gasteiger partial charge in [-0.1, -0.05) is 11.8 Å². The smallest absolute Gasteiger partial charge is 0.190 e. The van der Waals surface area contributed by atoms with Crippen LogP contribution in [-0.2, 0) is 7.05 Å². The minimum atomic E-state index is 0.688. The van der Waals surface area contributed by atoms with Crippen molar-refractivity contribution in [2.24, 2.45) is 7.05 Å². The molecule has 0 spiro atoms. The second kappa shape index (κ2) is 6.47. The molecule has 1 aromatic carbocycles. The summed E-state index contributed by atoms with van der Waals surface area (Å²) in [5, 5.41) is 9.07. The van der Waals surface area contributed by atoms with E-state index in [4.69, 9.17) is 10.5 Å². The van der Waals surface area contributed by atoms with Crippen LogP contribution in [0.1, 0.15) is 12.2 Å². The van der Waals surface area contributed by atoms with Gasteiger partial charge in [0, 0.05) is 18.5 Å². The number of hydrogen-bond acceptors (Lipinski definition) is 5. The van der Waals surface area contributed by atoms with Crippen LogP contribution >= 0.6 is 11.8 Å². The first kappa shape index (κ1) is 13.7. The lowest BCUT2D eigenvalue weighted by Crippen LogP contribution is -2.00. The number of nitrogen functional groups attached to an aromatic ring is 1. The molecule has 0 saturated carbocycles. The van der Waals surface area contributed by atoms with Gasteiger partial charge in [-0.05, 0) is 37.6 Å². The Balaban J connectivity index is 1.67. The molecule has 1 aromatic heterocycles. The standard InChI is InChI=1S/C13H18N4OS/c1-10-15-16-13(17(10)2)19-9-3-8-18-12-6-4-11(14)5-7-12/h4-7H,3,8-9,14H2,1-2H3. The lowest BCUT2D eigenvalue weighted by atomic mass is 10.3. The van der Waals surface area contributed by atoms with E-state index in [0.717, 1.165) is 34.6 Å². The largest absolute Gasteiger partial charge is 0.494 e. The van der Waals surface area contributed by atoms with E-state index >= 15 is 0 Å². The number of anilines is 1. The monoisotopic (exact) mass is 278 g/mol. The van der Waals surface area contributed by atoms with Crippen molar-refractivity contribution in [3.63, 3.8) is 0 Å². The molecule has 0 aliphatic heterocycles. The number of nitrogens with two attached hydrogens (primary N) is 1. The summed E-state index contributed by atoms with van der Waals surface area (Å²) in [6, 6.07) is 7.45. The number of hydrogen-bond donors (Lipinski definition) is 1. The van der Waals surface area contributed by atoms with E-state index in [0.29, 0.717) is 6.61 Å². The average molecular weight is 278 g/mol. The van der Waals surface area contributed by atoms with E-state index in [2.05, 4.69) is 10.2 Å². The molecule has 6 heteroatoms. The van der Waals surface area contributed by atoms with Crippen molar-refractivity contribution >= 4 is 17.4 Å². The first-order valence-corrected chi connectivity index (χ1v) is 7.12. The summed E-state index contributed by atoms with van der Waals surface area (Å²) < 4.78 is 7.61. The fourth-order valence-corrected chi connectivity index (χ4v) is 2.36. The molecule has 0 fully saturated rings. The number of aromatic nitrogens is 3. The highest BCUT2D eigenvalue weighted by Crippen LogP contribution is 2.17. The van der Waals surface area contributed by atoms with Crippen LogP contribution in [0.3, 0.4) is 0 Å². The van der Waals surface area contributed by atoms with Crippen LogP contribution < -0.4 is 10.5 Å². The van der Waals surface area contributed by atoms with Gasteiger partial charge in [0.1, 0.15) is 11.6 Å². The average Bonchev–Trinajstić information content (AvgIpc) is 2.72. The van der Waals surface area contributed by atoms with Gasteiger partial charge in [0.15, 0.2) is 5.16 Å². The van der Waals surface area contributed by atoms with Crippen LogP contribution in [-0.4, -0.2) is 27.1 Å². The lowest BCUT2D eigenvalue weighted by molar-refractivity contribution is 0.318. The summed E-state index contributed by atoms with van der Waals surface area (Å²) in [4.78, 5) is 0. The number of aryl methyl sites for hydroxylation is 1. The molecule has 102 valence electrons. The topological polar surface area (TPSA) is 66.0 Å². The Hall–Kier alpha value is -1.69. The summed E-state index contributed by atoms with van der Waals surface area (Å²) in [5.74, 6) is 2.75. The van der Waals surface area contributed by atoms with E-state index in [9.17, 15) is 0 Å². The fourth-order valence-electron chi connectivity index (χ4n) is 1.49. The van der Waals surface area contributed by atoms with Crippen LogP contribution in [0.25, 0.3) is 0 Å². The zero-order chi connectivity index (χ0) is 13.7. The fraction of sp³-hybridized carbons (Fsp3) is 0.385. The molecular weight excluding hydrogens is 260 g/mol. The predicted octanol–water partition coefficient (Wildman–Crippen LogP) is 2.27. The van der Waals surface area contributed by atoms with Crippen molar-refractivity contribution in [2.75, 3.05) is 18.1 Å². The van der Waals surface area contributed by atoms with Crippen molar-refractivity contribution in [1.29, 1.82) is 0 Å². The number of benzene rings is 1. The van der Waals surface area contributed by atoms with E-state index in [1.54, 1.807) is 11.8 Å². The molecule has 5 nitrogen and oxygen atoms in total. The van der Waals surface area contributed by atoms with E-state index in [1.807, 2.05) is 42.8 Å². The first-order chi connectivity index (χ1) is 9.16. The minimum absolute atomic E-state index is 0.688. The molecule has 0 aliphatic rings. The van der Waals surface area contributed by atoms with Crippen molar-refractivity contribution in [3.05, 3.63) is 30.1 Å². The quantitative estimate of drug-likeness (QED) is 0.499. The number of nitrogens with zero attached hydrogens (tertiary/aromatic N) is 3. The third-order valence-corrected chi connectivity index (χ3v) is 3.83. The highest BCUT2D eigenvalue weighted by molar-refractivity contribution is 7.99. The van der Waals surface area contributed by atoms with E-state index in [-0.39, 0.29) is 0 Å². The summed E-state index contributed by atoms with van der Waals surface area (Å²) >= 11 is 1.69. The Morgan fingerprint density at radius 3 is 2.63 bits per heavy atom. The van der Waals surface area contributed by atoms with Gasteiger partial charge < -0.3 is 15.0 Å². The van der Waals surface area contributed by atoms with Crippen LogP contribution in [0.4, 0.5) is 5.69 Å². The Morgan fingerprint density at radius 2 is 2.00 bits per heavy atom. The highest BCUT2D eigenvalue weighted by Gasteiger charge is 2.04. The number of rotatable bonds is 6. The van der Waals surface area contributed by atoms with Crippen molar-refractivity contribution in [1.82, 2.24) is 14.8 Å². The van der Waals surface area contributed by atoms with Crippen LogP contribution in [0.15, 0.2) is 29.4 Å². The minimum Gasteiger partial charge on any atom is -0.494 e. The number of ether oxygens (including phenoxy) is 1. The first-order valence-electron chi connectivity index (χ1n) is 6.14. The van der Waals surface area contributed by atoms with Gasteiger partial charge in [0.2, 0.25) is 0 Å². The van der Waals surface area contributed by atoms with Crippen molar-refractivity contribution in [3.8, 4) is 5.75 Å². The molecule has 2 aromatic rings. The number of thioether (sulfide) groups is 1. The Kier molecular flexibility index (Phi) is 4.68. The lowest BCUT2D eigenvalue weighted by Gasteiger charge is -2.06. The van der Waals surface area contributed by atoms with Gasteiger partial charge in [-0.2, -0.15) is 0 Å². The van der Waals surface area contributed by atoms with Gasteiger partial charge >= 0.3 is 0 Å². The zero-order valence-corrected chi connectivity index (χ0v) is 12.0. The molecule has 0 bridgehead atoms. The summed E-state index contributed by atoms with van der Waals surface area (Å²) in [6.07, 6.45) is 0.959. The molecule has 2 rings (SSSR count). The van der Waals surface area contributed by atoms with Crippen LogP contribution in [0, 0.1) is 6.92 Å². The molecule has 0 atom stereocenters. The second-order valence-corrected chi connectivity index (χ2v) is 5.27. The normalized spacial score (nSPS) is 10.6. The third kappa shape index (κ3) is 3.89. The predicted molar refractivity (Wildman–Crippen MR) is 77.4 cm³/mol. The summed E-state index contributed by atoms with van der Waals surface area (Å²) in [7, 11) is 1.97. The molecule has 0 aliphatic carbocycles. The molecule has 0 amide bonds. The third-order valence-electron chi connectivity index (χ3n) is 2.72. The molecule has 0 unspecified atom stereocenters. The Bertz CT molecular complexity index is 524. The summed E-state index contributed by atoms with van der Waals surface area (Å²) in [6.45, 7) is 2.63. The summed E-state index contributed by atoms with van der Waals surface area (Å²) in [5.41, 5.74) is 6.36. The molecule has 0 saturated heterocycles. The highest BCUT2D eigenvalue weighted by atomic mass is 32.2. The zero-order valence-electron chi connectivity index (χ0n) is 11.2. The maximum absolute atomic E-state index is 5.62. The Morgan fingerprint density at radius 1 is 1.26 bits per heavy atom. The van der Waals surface area contributed by atoms with Gasteiger partial charge in [-0.25, -0.2) is 0 Å². The maximum atomic E-state index is 5.62. The molecule has 19 heavy (non-hydrogen) atoms. The maximum Gasteiger partial charge on any atom is 0.190 e. The van der Waals surface area contributed by atoms with Crippen LogP contribution in [0.5, 0.6) is 5.75 Å². The van der Waals surface area contributed by atoms with Gasteiger partial charge in [-0.15, -0.1) is 10.2 Å². The van der Waals surface area contributed by atoms with Gasteiger partial charge in [-0.3, -0.25) is 0 Å². The van der Waals surface area contributed by atoms with Crippen molar-refractivity contribution < 1.29 is 4.74 Å². The second-order valence-electron chi connectivity index (χ2n) is 4.21. The molecule has 1 heterocycles. The van der Waals surface area contributed by atoms with E-state index in [1.165, 1.54) is 0 Å². The van der Waals surface area contributed by atoms with Crippen molar-refractivity contribution in [2.45, 2.75) is 18.5 Å². The van der Waals surface area contributed by atoms with Crippen LogP contribution in [0.2, 0.25) is 0 Å². The van der Waals surface area contributed by atoms with Gasteiger partial charge in [0.05, 0.1) is 6.61 Å².